The molecule has 0 aromatic heterocycles. The SMILES string of the molecule is Oc1ccc2c(c1)[C@]13CCCC[C@H]1[C@H](C2)N(CCCN1CC[C@@]24CCCC[C@H]2[C@@H]1Cc1ccc(O)cc14)CC3. The summed E-state index contributed by atoms with van der Waals surface area (Å²) in [7, 11) is 0. The molecule has 2 saturated heterocycles. The van der Waals surface area contributed by atoms with Crippen LogP contribution in [0.3, 0.4) is 0 Å². The standard InChI is InChI=1S/C35H46N2O2/c38-26-10-8-24-20-32-28-6-1-3-12-34(28,30(24)22-26)14-18-36(32)16-5-17-37-19-15-35-13-4-2-7-29(35)33(37)21-25-9-11-27(39)23-31(25)35/h8-11,22-23,28-29,32-33,38-39H,1-7,12-21H2/t28-,29-,32-,33-,34-,35-/m0/s1. The maximum atomic E-state index is 10.3. The van der Waals surface area contributed by atoms with Gasteiger partial charge in [0, 0.05) is 22.9 Å². The van der Waals surface area contributed by atoms with E-state index in [2.05, 4.69) is 34.1 Å². The molecule has 4 fully saturated rings. The molecular formula is C35H46N2O2. The number of phenolic OH excluding ortho intramolecular Hbond substituents is 2. The summed E-state index contributed by atoms with van der Waals surface area (Å²) in [6.07, 6.45) is 17.0. The fraction of sp³-hybridized carbons (Fsp3) is 0.657. The van der Waals surface area contributed by atoms with Crippen molar-refractivity contribution in [3.63, 3.8) is 0 Å². The molecule has 0 radical (unpaired) electrons. The predicted molar refractivity (Wildman–Crippen MR) is 155 cm³/mol. The zero-order valence-corrected chi connectivity index (χ0v) is 23.6. The van der Waals surface area contributed by atoms with Crippen molar-refractivity contribution < 1.29 is 10.2 Å². The predicted octanol–water partition coefficient (Wildman–Crippen LogP) is 6.30. The number of hydrogen-bond acceptors (Lipinski definition) is 4. The summed E-state index contributed by atoms with van der Waals surface area (Å²) >= 11 is 0. The summed E-state index contributed by atoms with van der Waals surface area (Å²) in [5, 5.41) is 20.7. The number of phenols is 2. The average molecular weight is 527 g/mol. The Morgan fingerprint density at radius 2 is 1.13 bits per heavy atom. The molecule has 0 amide bonds. The van der Waals surface area contributed by atoms with E-state index in [4.69, 9.17) is 0 Å². The minimum Gasteiger partial charge on any atom is -0.508 e. The maximum Gasteiger partial charge on any atom is 0.115 e. The number of benzene rings is 2. The highest BCUT2D eigenvalue weighted by molar-refractivity contribution is 5.46. The minimum absolute atomic E-state index is 0.312. The maximum absolute atomic E-state index is 10.3. The van der Waals surface area contributed by atoms with Gasteiger partial charge in [-0.2, -0.15) is 0 Å². The molecule has 6 aliphatic rings. The summed E-state index contributed by atoms with van der Waals surface area (Å²) in [5.74, 6) is 2.44. The third kappa shape index (κ3) is 3.69. The van der Waals surface area contributed by atoms with Crippen LogP contribution in [0.4, 0.5) is 0 Å². The van der Waals surface area contributed by atoms with Crippen LogP contribution < -0.4 is 0 Å². The van der Waals surface area contributed by atoms with E-state index in [9.17, 15) is 10.2 Å². The van der Waals surface area contributed by atoms with Crippen LogP contribution in [0.5, 0.6) is 11.5 Å². The molecule has 2 saturated carbocycles. The smallest absolute Gasteiger partial charge is 0.115 e. The highest BCUT2D eigenvalue weighted by Crippen LogP contribution is 2.57. The van der Waals surface area contributed by atoms with Gasteiger partial charge in [-0.3, -0.25) is 9.80 Å². The first-order chi connectivity index (χ1) is 19.1. The molecule has 2 N–H and O–H groups in total. The van der Waals surface area contributed by atoms with Gasteiger partial charge < -0.3 is 10.2 Å². The van der Waals surface area contributed by atoms with Gasteiger partial charge in [0.2, 0.25) is 0 Å². The van der Waals surface area contributed by atoms with Crippen LogP contribution in [0, 0.1) is 11.8 Å². The molecule has 208 valence electrons. The highest BCUT2D eigenvalue weighted by Gasteiger charge is 2.55. The van der Waals surface area contributed by atoms with Gasteiger partial charge in [0.1, 0.15) is 11.5 Å². The first kappa shape index (κ1) is 24.7. The molecule has 0 spiro atoms. The summed E-state index contributed by atoms with van der Waals surface area (Å²) in [6, 6.07) is 13.9. The Kier molecular flexibility index (Phi) is 5.86. The zero-order chi connectivity index (χ0) is 26.2. The van der Waals surface area contributed by atoms with Gasteiger partial charge in [0.05, 0.1) is 0 Å². The minimum atomic E-state index is 0.312. The molecule has 2 aromatic rings. The van der Waals surface area contributed by atoms with Crippen LogP contribution in [0.2, 0.25) is 0 Å². The second kappa shape index (κ2) is 9.24. The van der Waals surface area contributed by atoms with Gasteiger partial charge >= 0.3 is 0 Å². The highest BCUT2D eigenvalue weighted by atomic mass is 16.3. The zero-order valence-electron chi connectivity index (χ0n) is 23.6. The van der Waals surface area contributed by atoms with Gasteiger partial charge in [0.25, 0.3) is 0 Å². The molecule has 4 nitrogen and oxygen atoms in total. The second-order valence-electron chi connectivity index (χ2n) is 14.2. The first-order valence-corrected chi connectivity index (χ1v) is 16.2. The first-order valence-electron chi connectivity index (χ1n) is 16.2. The largest absolute Gasteiger partial charge is 0.508 e. The molecule has 2 heterocycles. The molecule has 2 aliphatic heterocycles. The van der Waals surface area contributed by atoms with Gasteiger partial charge in [0.15, 0.2) is 0 Å². The van der Waals surface area contributed by atoms with Crippen LogP contribution in [0.1, 0.15) is 92.9 Å². The van der Waals surface area contributed by atoms with Crippen molar-refractivity contribution in [1.82, 2.24) is 9.80 Å². The van der Waals surface area contributed by atoms with E-state index in [-0.39, 0.29) is 0 Å². The van der Waals surface area contributed by atoms with Crippen molar-refractivity contribution in [3.05, 3.63) is 58.7 Å². The van der Waals surface area contributed by atoms with Crippen LogP contribution in [-0.2, 0) is 23.7 Å². The summed E-state index contributed by atoms with van der Waals surface area (Å²) in [4.78, 5) is 5.77. The number of hydrogen-bond donors (Lipinski definition) is 2. The molecule has 2 aromatic carbocycles. The Balaban J connectivity index is 0.992. The van der Waals surface area contributed by atoms with E-state index >= 15 is 0 Å². The number of piperidine rings is 2. The number of aromatic hydroxyl groups is 2. The molecule has 39 heavy (non-hydrogen) atoms. The molecule has 6 atom stereocenters. The number of nitrogens with zero attached hydrogens (tertiary/aromatic N) is 2. The van der Waals surface area contributed by atoms with Crippen LogP contribution in [-0.4, -0.2) is 58.3 Å². The number of fused-ring (bicyclic) bond motifs is 2. The Bertz CT molecular complexity index is 1160. The van der Waals surface area contributed by atoms with Crippen molar-refractivity contribution in [1.29, 1.82) is 0 Å². The Morgan fingerprint density at radius 3 is 1.62 bits per heavy atom. The van der Waals surface area contributed by atoms with Gasteiger partial charge in [-0.15, -0.1) is 0 Å². The van der Waals surface area contributed by atoms with E-state index in [1.807, 2.05) is 12.1 Å². The normalized spacial score (nSPS) is 37.3. The van der Waals surface area contributed by atoms with Gasteiger partial charge in [-0.1, -0.05) is 37.8 Å². The van der Waals surface area contributed by atoms with E-state index in [0.717, 1.165) is 11.8 Å². The van der Waals surface area contributed by atoms with Crippen molar-refractivity contribution >= 4 is 0 Å². The van der Waals surface area contributed by atoms with Crippen LogP contribution >= 0.6 is 0 Å². The summed E-state index contributed by atoms with van der Waals surface area (Å²) < 4.78 is 0. The van der Waals surface area contributed by atoms with Crippen LogP contribution in [0.15, 0.2) is 36.4 Å². The topological polar surface area (TPSA) is 46.9 Å². The quantitative estimate of drug-likeness (QED) is 0.491. The Hall–Kier alpha value is -2.04. The number of rotatable bonds is 4. The van der Waals surface area contributed by atoms with Crippen molar-refractivity contribution in [2.75, 3.05) is 26.2 Å². The second-order valence-corrected chi connectivity index (χ2v) is 14.2. The fourth-order valence-corrected chi connectivity index (χ4v) is 11.2. The van der Waals surface area contributed by atoms with E-state index in [1.165, 1.54) is 132 Å². The lowest BCUT2D eigenvalue weighted by Gasteiger charge is -2.60. The molecule has 0 unspecified atom stereocenters. The third-order valence-electron chi connectivity index (χ3n) is 12.8. The van der Waals surface area contributed by atoms with Gasteiger partial charge in [-0.25, -0.2) is 0 Å². The van der Waals surface area contributed by atoms with Crippen molar-refractivity contribution in [3.8, 4) is 11.5 Å². The molecule has 4 aliphatic carbocycles. The third-order valence-corrected chi connectivity index (χ3v) is 12.8. The van der Waals surface area contributed by atoms with Crippen molar-refractivity contribution in [2.45, 2.75) is 106 Å². The van der Waals surface area contributed by atoms with Crippen molar-refractivity contribution in [2.24, 2.45) is 11.8 Å². The fourth-order valence-electron chi connectivity index (χ4n) is 11.2. The summed E-state index contributed by atoms with van der Waals surface area (Å²) in [5.41, 5.74) is 6.64. The van der Waals surface area contributed by atoms with Gasteiger partial charge in [-0.05, 0) is 142 Å². The molecule has 4 heteroatoms. The lowest BCUT2D eigenvalue weighted by atomic mass is 9.52. The molecule has 8 rings (SSSR count). The van der Waals surface area contributed by atoms with E-state index in [1.54, 1.807) is 0 Å². The number of likely N-dealkylation sites (tertiary alicyclic amines) is 2. The lowest BCUT2D eigenvalue weighted by Crippen LogP contribution is -2.62. The Morgan fingerprint density at radius 1 is 0.641 bits per heavy atom. The monoisotopic (exact) mass is 526 g/mol. The lowest BCUT2D eigenvalue weighted by molar-refractivity contribution is -0.0254. The van der Waals surface area contributed by atoms with Crippen LogP contribution in [0.25, 0.3) is 0 Å². The summed E-state index contributed by atoms with van der Waals surface area (Å²) in [6.45, 7) is 4.91. The molecule has 4 bridgehead atoms. The molecular weight excluding hydrogens is 480 g/mol. The Labute approximate surface area is 234 Å². The van der Waals surface area contributed by atoms with E-state index < -0.39 is 0 Å². The average Bonchev–Trinajstić information content (AvgIpc) is 2.96. The van der Waals surface area contributed by atoms with E-state index in [0.29, 0.717) is 34.4 Å².